The fourth-order valence-electron chi connectivity index (χ4n) is 1.92. The van der Waals surface area contributed by atoms with Gasteiger partial charge in [-0.3, -0.25) is 13.8 Å². The molecule has 1 saturated heterocycles. The molecule has 2 rings (SSSR count). The highest BCUT2D eigenvalue weighted by molar-refractivity contribution is 7.85. The van der Waals surface area contributed by atoms with Gasteiger partial charge in [0.1, 0.15) is 11.5 Å². The lowest BCUT2D eigenvalue weighted by molar-refractivity contribution is -0.132. The summed E-state index contributed by atoms with van der Waals surface area (Å²) in [5.41, 5.74) is 0. The summed E-state index contributed by atoms with van der Waals surface area (Å²) >= 11 is 5.94. The second-order valence-corrected chi connectivity index (χ2v) is 6.17. The fraction of sp³-hybridized carbons (Fsp3) is 0.385. The van der Waals surface area contributed by atoms with Gasteiger partial charge in [-0.1, -0.05) is 23.7 Å². The van der Waals surface area contributed by atoms with Crippen LogP contribution in [-0.4, -0.2) is 39.6 Å². The number of hydrogen-bond donors (Lipinski definition) is 0. The van der Waals surface area contributed by atoms with Crippen LogP contribution in [0.1, 0.15) is 12.8 Å². The maximum Gasteiger partial charge on any atom is 0.235 e. The molecular formula is C13H14ClNO3S. The van der Waals surface area contributed by atoms with Gasteiger partial charge in [-0.2, -0.15) is 0 Å². The van der Waals surface area contributed by atoms with Crippen molar-refractivity contribution >= 4 is 34.1 Å². The number of Topliss-reactive ketones (excluding diaryl/α,β-unsaturated/α-hetero) is 1. The summed E-state index contributed by atoms with van der Waals surface area (Å²) in [6, 6.07) is 6.80. The average Bonchev–Trinajstić information content (AvgIpc) is 2.39. The highest BCUT2D eigenvalue weighted by atomic mass is 35.5. The van der Waals surface area contributed by atoms with E-state index in [1.54, 1.807) is 29.2 Å². The molecule has 6 heteroatoms. The Balaban J connectivity index is 1.97. The number of hydrogen-bond acceptors (Lipinski definition) is 3. The van der Waals surface area contributed by atoms with E-state index >= 15 is 0 Å². The Bertz CT molecular complexity index is 522. The van der Waals surface area contributed by atoms with Crippen molar-refractivity contribution in [3.8, 4) is 0 Å². The minimum atomic E-state index is -1.44. The summed E-state index contributed by atoms with van der Waals surface area (Å²) in [6.07, 6.45) is 0.787. The minimum absolute atomic E-state index is 0.0854. The van der Waals surface area contributed by atoms with E-state index in [-0.39, 0.29) is 17.4 Å². The van der Waals surface area contributed by atoms with Gasteiger partial charge in [0.25, 0.3) is 0 Å². The Morgan fingerprint density at radius 1 is 1.26 bits per heavy atom. The number of likely N-dealkylation sites (tertiary alicyclic amines) is 1. The molecule has 1 aromatic carbocycles. The highest BCUT2D eigenvalue weighted by Gasteiger charge is 2.23. The Kier molecular flexibility index (Phi) is 4.71. The van der Waals surface area contributed by atoms with Crippen LogP contribution in [0.25, 0.3) is 0 Å². The molecule has 0 N–H and O–H groups in total. The third kappa shape index (κ3) is 3.64. The van der Waals surface area contributed by atoms with E-state index in [4.69, 9.17) is 11.6 Å². The minimum Gasteiger partial charge on any atom is -0.341 e. The Labute approximate surface area is 119 Å². The van der Waals surface area contributed by atoms with E-state index in [1.807, 2.05) is 0 Å². The van der Waals surface area contributed by atoms with Gasteiger partial charge in [0, 0.05) is 25.9 Å². The summed E-state index contributed by atoms with van der Waals surface area (Å²) in [5, 5.41) is 0.405. The third-order valence-electron chi connectivity index (χ3n) is 3.01. The summed E-state index contributed by atoms with van der Waals surface area (Å²) in [4.78, 5) is 25.2. The van der Waals surface area contributed by atoms with Crippen molar-refractivity contribution in [3.05, 3.63) is 29.3 Å². The van der Waals surface area contributed by atoms with Crippen LogP contribution in [-0.2, 0) is 20.4 Å². The number of rotatable bonds is 3. The first-order valence-electron chi connectivity index (χ1n) is 6.00. The van der Waals surface area contributed by atoms with Gasteiger partial charge in [-0.25, -0.2) is 0 Å². The van der Waals surface area contributed by atoms with E-state index in [1.165, 1.54) is 0 Å². The first kappa shape index (κ1) is 14.2. The smallest absolute Gasteiger partial charge is 0.235 e. The normalized spacial score (nSPS) is 17.3. The molecular weight excluding hydrogens is 286 g/mol. The highest BCUT2D eigenvalue weighted by Crippen LogP contribution is 2.19. The molecule has 1 aliphatic rings. The molecule has 0 saturated carbocycles. The molecule has 1 heterocycles. The first-order valence-corrected chi connectivity index (χ1v) is 7.70. The number of halogens is 1. The molecule has 0 aromatic heterocycles. The average molecular weight is 300 g/mol. The van der Waals surface area contributed by atoms with Gasteiger partial charge in [-0.05, 0) is 12.1 Å². The second kappa shape index (κ2) is 6.30. The van der Waals surface area contributed by atoms with Crippen molar-refractivity contribution in [1.29, 1.82) is 0 Å². The number of carbonyl (C=O) groups excluding carboxylic acids is 2. The predicted molar refractivity (Wildman–Crippen MR) is 73.5 cm³/mol. The van der Waals surface area contributed by atoms with Crippen LogP contribution in [0.5, 0.6) is 0 Å². The van der Waals surface area contributed by atoms with Crippen LogP contribution >= 0.6 is 11.6 Å². The van der Waals surface area contributed by atoms with Gasteiger partial charge < -0.3 is 4.90 Å². The maximum atomic E-state index is 12.1. The van der Waals surface area contributed by atoms with Crippen LogP contribution < -0.4 is 0 Å². The van der Waals surface area contributed by atoms with Gasteiger partial charge in [0.2, 0.25) is 5.91 Å². The van der Waals surface area contributed by atoms with E-state index in [0.29, 0.717) is 35.8 Å². The predicted octanol–water partition coefficient (Wildman–Crippen LogP) is 1.64. The van der Waals surface area contributed by atoms with Crippen molar-refractivity contribution in [2.45, 2.75) is 17.7 Å². The molecule has 0 bridgehead atoms. The zero-order valence-electron chi connectivity index (χ0n) is 10.3. The molecule has 0 aliphatic carbocycles. The number of ketones is 1. The Hall–Kier alpha value is -1.20. The van der Waals surface area contributed by atoms with Crippen molar-refractivity contribution in [1.82, 2.24) is 4.90 Å². The van der Waals surface area contributed by atoms with Crippen LogP contribution in [0, 0.1) is 0 Å². The number of piperidine rings is 1. The monoisotopic (exact) mass is 299 g/mol. The van der Waals surface area contributed by atoms with Gasteiger partial charge in [0.15, 0.2) is 0 Å². The number of nitrogens with zero attached hydrogens (tertiary/aromatic N) is 1. The van der Waals surface area contributed by atoms with Crippen LogP contribution in [0.4, 0.5) is 0 Å². The molecule has 1 unspecified atom stereocenters. The molecule has 0 spiro atoms. The molecule has 1 atom stereocenters. The zero-order valence-corrected chi connectivity index (χ0v) is 11.9. The number of carbonyl (C=O) groups is 2. The molecule has 4 nitrogen and oxygen atoms in total. The van der Waals surface area contributed by atoms with E-state index in [2.05, 4.69) is 0 Å². The second-order valence-electron chi connectivity index (χ2n) is 4.34. The van der Waals surface area contributed by atoms with Crippen molar-refractivity contribution in [2.24, 2.45) is 0 Å². The summed E-state index contributed by atoms with van der Waals surface area (Å²) in [7, 11) is -1.44. The first-order chi connectivity index (χ1) is 9.08. The number of benzene rings is 1. The molecule has 1 fully saturated rings. The summed E-state index contributed by atoms with van der Waals surface area (Å²) < 4.78 is 12.1. The molecule has 0 radical (unpaired) electrons. The van der Waals surface area contributed by atoms with Gasteiger partial charge in [-0.15, -0.1) is 0 Å². The molecule has 1 aromatic rings. The Morgan fingerprint density at radius 3 is 2.53 bits per heavy atom. The summed E-state index contributed by atoms with van der Waals surface area (Å²) in [5.74, 6) is -0.0974. The largest absolute Gasteiger partial charge is 0.341 e. The van der Waals surface area contributed by atoms with E-state index < -0.39 is 10.8 Å². The summed E-state index contributed by atoms with van der Waals surface area (Å²) in [6.45, 7) is 0.856. The lowest BCUT2D eigenvalue weighted by Crippen LogP contribution is -2.40. The lowest BCUT2D eigenvalue weighted by atomic mass is 10.1. The zero-order chi connectivity index (χ0) is 13.8. The molecule has 1 amide bonds. The lowest BCUT2D eigenvalue weighted by Gasteiger charge is -2.25. The maximum absolute atomic E-state index is 12.1. The third-order valence-corrected chi connectivity index (χ3v) is 4.81. The van der Waals surface area contributed by atoms with E-state index in [9.17, 15) is 13.8 Å². The van der Waals surface area contributed by atoms with Crippen LogP contribution in [0.2, 0.25) is 5.02 Å². The van der Waals surface area contributed by atoms with E-state index in [0.717, 1.165) is 0 Å². The standard InChI is InChI=1S/C13H14ClNO3S/c14-11-3-1-2-4-12(11)19(18)9-13(17)15-7-5-10(16)6-8-15/h1-4H,5-9H2. The van der Waals surface area contributed by atoms with Crippen molar-refractivity contribution in [2.75, 3.05) is 18.8 Å². The SMILES string of the molecule is O=C1CCN(C(=O)CS(=O)c2ccccc2Cl)CC1. The quantitative estimate of drug-likeness (QED) is 0.852. The fourth-order valence-corrected chi connectivity index (χ4v) is 3.39. The van der Waals surface area contributed by atoms with Crippen molar-refractivity contribution in [3.63, 3.8) is 0 Å². The van der Waals surface area contributed by atoms with Crippen LogP contribution in [0.3, 0.4) is 0 Å². The molecule has 102 valence electrons. The van der Waals surface area contributed by atoms with Gasteiger partial charge in [0.05, 0.1) is 20.7 Å². The number of amides is 1. The van der Waals surface area contributed by atoms with Crippen molar-refractivity contribution < 1.29 is 13.8 Å². The van der Waals surface area contributed by atoms with Crippen LogP contribution in [0.15, 0.2) is 29.2 Å². The Morgan fingerprint density at radius 2 is 1.89 bits per heavy atom. The molecule has 19 heavy (non-hydrogen) atoms. The van der Waals surface area contributed by atoms with Gasteiger partial charge >= 0.3 is 0 Å². The topological polar surface area (TPSA) is 54.5 Å². The molecule has 1 aliphatic heterocycles.